The lowest BCUT2D eigenvalue weighted by molar-refractivity contribution is -0.116. The van der Waals surface area contributed by atoms with Gasteiger partial charge in [-0.2, -0.15) is 5.10 Å². The maximum atomic E-state index is 11.1. The molecular weight excluding hydrogens is 242 g/mol. The molecule has 1 aromatic heterocycles. The van der Waals surface area contributed by atoms with Crippen molar-refractivity contribution in [3.05, 3.63) is 48.2 Å². The van der Waals surface area contributed by atoms with E-state index in [0.29, 0.717) is 18.1 Å². The summed E-state index contributed by atoms with van der Waals surface area (Å²) in [5.74, 6) is 0.194. The number of benzene rings is 1. The fourth-order valence-corrected chi connectivity index (χ4v) is 1.71. The Bertz CT molecular complexity index is 541. The molecule has 0 aliphatic carbocycles. The molecule has 0 fully saturated rings. The van der Waals surface area contributed by atoms with Crippen molar-refractivity contribution in [1.82, 2.24) is 10.2 Å². The van der Waals surface area contributed by atoms with Crippen molar-refractivity contribution in [2.24, 2.45) is 5.73 Å². The van der Waals surface area contributed by atoms with E-state index in [1.54, 1.807) is 23.2 Å². The van der Waals surface area contributed by atoms with E-state index in [2.05, 4.69) is 10.2 Å². The van der Waals surface area contributed by atoms with Crippen LogP contribution in [0, 0.1) is 0 Å². The van der Waals surface area contributed by atoms with Crippen LogP contribution in [0.4, 0.5) is 11.5 Å². The van der Waals surface area contributed by atoms with E-state index in [9.17, 15) is 4.79 Å². The molecule has 6 heteroatoms. The zero-order valence-electron chi connectivity index (χ0n) is 10.4. The number of nitrogens with two attached hydrogens (primary N) is 2. The van der Waals surface area contributed by atoms with Gasteiger partial charge >= 0.3 is 0 Å². The summed E-state index contributed by atoms with van der Waals surface area (Å²) in [6.45, 7) is 0.602. The van der Waals surface area contributed by atoms with Crippen LogP contribution in [-0.4, -0.2) is 22.6 Å². The number of nitrogen functional groups attached to an aromatic ring is 1. The average molecular weight is 257 g/mol. The molecular formula is C13H15N5O. The molecule has 1 heterocycles. The summed E-state index contributed by atoms with van der Waals surface area (Å²) in [6, 6.07) is 11.0. The van der Waals surface area contributed by atoms with Gasteiger partial charge in [-0.15, -0.1) is 5.10 Å². The molecule has 0 radical (unpaired) electrons. The van der Waals surface area contributed by atoms with Crippen LogP contribution in [0.5, 0.6) is 0 Å². The van der Waals surface area contributed by atoms with Gasteiger partial charge in [0, 0.05) is 18.4 Å². The Labute approximate surface area is 111 Å². The molecule has 1 amide bonds. The Morgan fingerprint density at radius 2 is 1.95 bits per heavy atom. The first kappa shape index (κ1) is 12.8. The first-order chi connectivity index (χ1) is 9.15. The van der Waals surface area contributed by atoms with Crippen LogP contribution in [0.25, 0.3) is 0 Å². The number of carbonyl (C=O) groups excluding carboxylic acids is 1. The van der Waals surface area contributed by atoms with E-state index in [1.165, 1.54) is 0 Å². The smallest absolute Gasteiger partial charge is 0.237 e. The number of nitrogens with zero attached hydrogens (tertiary/aromatic N) is 3. The average Bonchev–Trinajstić information content (AvgIpc) is 2.41. The van der Waals surface area contributed by atoms with E-state index < -0.39 is 5.91 Å². The van der Waals surface area contributed by atoms with E-state index in [1.807, 2.05) is 24.3 Å². The van der Waals surface area contributed by atoms with Crippen LogP contribution in [0.15, 0.2) is 42.6 Å². The van der Waals surface area contributed by atoms with Gasteiger partial charge in [-0.3, -0.25) is 4.79 Å². The third-order valence-electron chi connectivity index (χ3n) is 2.58. The third-order valence-corrected chi connectivity index (χ3v) is 2.58. The van der Waals surface area contributed by atoms with Crippen LogP contribution in [0.3, 0.4) is 0 Å². The van der Waals surface area contributed by atoms with Crippen LogP contribution in [0.2, 0.25) is 0 Å². The SMILES string of the molecule is NC(=O)CN(Cc1ccc(N)cc1)c1cccnn1. The summed E-state index contributed by atoms with van der Waals surface area (Å²) in [7, 11) is 0. The molecule has 1 aromatic carbocycles. The Morgan fingerprint density at radius 3 is 2.53 bits per heavy atom. The normalized spacial score (nSPS) is 10.1. The second-order valence-electron chi connectivity index (χ2n) is 4.15. The van der Waals surface area contributed by atoms with Crippen molar-refractivity contribution in [2.45, 2.75) is 6.54 Å². The first-order valence-electron chi connectivity index (χ1n) is 5.80. The van der Waals surface area contributed by atoms with Gasteiger partial charge in [0.2, 0.25) is 5.91 Å². The lowest BCUT2D eigenvalue weighted by Gasteiger charge is -2.21. The zero-order chi connectivity index (χ0) is 13.7. The van der Waals surface area contributed by atoms with Gasteiger partial charge in [0.25, 0.3) is 0 Å². The zero-order valence-corrected chi connectivity index (χ0v) is 10.4. The molecule has 6 nitrogen and oxygen atoms in total. The van der Waals surface area contributed by atoms with E-state index >= 15 is 0 Å². The number of carbonyl (C=O) groups is 1. The maximum Gasteiger partial charge on any atom is 0.237 e. The predicted molar refractivity (Wildman–Crippen MR) is 73.1 cm³/mol. The van der Waals surface area contributed by atoms with Gasteiger partial charge in [0.05, 0.1) is 6.54 Å². The molecule has 19 heavy (non-hydrogen) atoms. The highest BCUT2D eigenvalue weighted by atomic mass is 16.1. The molecule has 0 spiro atoms. The fraction of sp³-hybridized carbons (Fsp3) is 0.154. The van der Waals surface area contributed by atoms with Crippen molar-refractivity contribution in [1.29, 1.82) is 0 Å². The predicted octanol–water partition coefficient (Wildman–Crippen LogP) is 0.551. The van der Waals surface area contributed by atoms with Crippen LogP contribution in [0.1, 0.15) is 5.56 Å². The summed E-state index contributed by atoms with van der Waals surface area (Å²) in [6.07, 6.45) is 1.58. The van der Waals surface area contributed by atoms with Gasteiger partial charge < -0.3 is 16.4 Å². The highest BCUT2D eigenvalue weighted by Gasteiger charge is 2.11. The molecule has 0 atom stereocenters. The van der Waals surface area contributed by atoms with Crippen molar-refractivity contribution < 1.29 is 4.79 Å². The number of anilines is 2. The van der Waals surface area contributed by atoms with Crippen LogP contribution >= 0.6 is 0 Å². The van der Waals surface area contributed by atoms with E-state index in [0.717, 1.165) is 5.56 Å². The maximum absolute atomic E-state index is 11.1. The van der Waals surface area contributed by atoms with Gasteiger partial charge in [-0.25, -0.2) is 0 Å². The molecule has 0 aliphatic heterocycles. The molecule has 0 unspecified atom stereocenters. The second-order valence-corrected chi connectivity index (χ2v) is 4.15. The van der Waals surface area contributed by atoms with Crippen molar-refractivity contribution >= 4 is 17.4 Å². The number of aromatic nitrogens is 2. The van der Waals surface area contributed by atoms with E-state index in [-0.39, 0.29) is 6.54 Å². The number of primary amides is 1. The quantitative estimate of drug-likeness (QED) is 0.762. The minimum Gasteiger partial charge on any atom is -0.399 e. The lowest BCUT2D eigenvalue weighted by atomic mass is 10.2. The van der Waals surface area contributed by atoms with Crippen LogP contribution < -0.4 is 16.4 Å². The molecule has 0 saturated heterocycles. The molecule has 2 aromatic rings. The summed E-state index contributed by atoms with van der Waals surface area (Å²) < 4.78 is 0. The van der Waals surface area contributed by atoms with Gasteiger partial charge in [0.1, 0.15) is 0 Å². The molecule has 4 N–H and O–H groups in total. The number of hydrogen-bond acceptors (Lipinski definition) is 5. The second kappa shape index (κ2) is 5.81. The van der Waals surface area contributed by atoms with Crippen molar-refractivity contribution in [3.8, 4) is 0 Å². The summed E-state index contributed by atoms with van der Waals surface area (Å²) >= 11 is 0. The molecule has 2 rings (SSSR count). The standard InChI is InChI=1S/C13H15N5O/c14-11-5-3-10(4-6-11)8-18(9-12(15)19)13-2-1-7-16-17-13/h1-7H,8-9,14H2,(H2,15,19). The Balaban J connectivity index is 2.19. The van der Waals surface area contributed by atoms with Crippen molar-refractivity contribution in [2.75, 3.05) is 17.2 Å². The largest absolute Gasteiger partial charge is 0.399 e. The minimum atomic E-state index is -0.416. The van der Waals surface area contributed by atoms with Crippen molar-refractivity contribution in [3.63, 3.8) is 0 Å². The summed E-state index contributed by atoms with van der Waals surface area (Å²) in [4.78, 5) is 12.9. The van der Waals surface area contributed by atoms with Crippen LogP contribution in [-0.2, 0) is 11.3 Å². The number of amides is 1. The Morgan fingerprint density at radius 1 is 1.21 bits per heavy atom. The summed E-state index contributed by atoms with van der Waals surface area (Å²) in [5.41, 5.74) is 12.6. The molecule has 0 bridgehead atoms. The lowest BCUT2D eigenvalue weighted by Crippen LogP contribution is -2.34. The number of rotatable bonds is 5. The third kappa shape index (κ3) is 3.67. The van der Waals surface area contributed by atoms with Gasteiger partial charge in [-0.1, -0.05) is 12.1 Å². The highest BCUT2D eigenvalue weighted by Crippen LogP contribution is 2.14. The highest BCUT2D eigenvalue weighted by molar-refractivity contribution is 5.79. The minimum absolute atomic E-state index is 0.0864. The number of hydrogen-bond donors (Lipinski definition) is 2. The Hall–Kier alpha value is -2.63. The van der Waals surface area contributed by atoms with E-state index in [4.69, 9.17) is 11.5 Å². The molecule has 98 valence electrons. The first-order valence-corrected chi connectivity index (χ1v) is 5.80. The monoisotopic (exact) mass is 257 g/mol. The molecule has 0 saturated carbocycles. The summed E-state index contributed by atoms with van der Waals surface area (Å²) in [5, 5.41) is 7.79. The Kier molecular flexibility index (Phi) is 3.92. The topological polar surface area (TPSA) is 98.1 Å². The molecule has 0 aliphatic rings. The van der Waals surface area contributed by atoms with Gasteiger partial charge in [0.15, 0.2) is 5.82 Å². The van der Waals surface area contributed by atoms with Gasteiger partial charge in [-0.05, 0) is 29.8 Å². The fourth-order valence-electron chi connectivity index (χ4n) is 1.71.